The molecule has 0 amide bonds. The van der Waals surface area contributed by atoms with E-state index in [1.165, 1.54) is 0 Å². The Hall–Kier alpha value is -1.93. The summed E-state index contributed by atoms with van der Waals surface area (Å²) in [6.07, 6.45) is 1.67. The molecule has 0 bridgehead atoms. The molecule has 1 aromatic heterocycles. The Balaban J connectivity index is 1.69. The first-order chi connectivity index (χ1) is 8.86. The van der Waals surface area contributed by atoms with E-state index in [4.69, 9.17) is 4.74 Å². The molecule has 0 unspecified atom stereocenters. The van der Waals surface area contributed by atoms with Gasteiger partial charge in [0.05, 0.1) is 5.75 Å². The van der Waals surface area contributed by atoms with Crippen molar-refractivity contribution in [3.63, 3.8) is 0 Å². The smallest absolute Gasteiger partial charge is 0.191 e. The maximum atomic E-state index is 5.45. The fourth-order valence-corrected chi connectivity index (χ4v) is 1.90. The number of hydrogen-bond donors (Lipinski definition) is 0. The molecule has 0 spiro atoms. The van der Waals surface area contributed by atoms with Gasteiger partial charge in [0.25, 0.3) is 0 Å². The van der Waals surface area contributed by atoms with Gasteiger partial charge in [-0.3, -0.25) is 0 Å². The summed E-state index contributed by atoms with van der Waals surface area (Å²) in [5, 5.41) is 8.62. The summed E-state index contributed by atoms with van der Waals surface area (Å²) in [4.78, 5) is 0. The van der Waals surface area contributed by atoms with Gasteiger partial charge in [-0.15, -0.1) is 10.2 Å². The first-order valence-electron chi connectivity index (χ1n) is 5.46. The number of aryl methyl sites for hydroxylation is 1. The molecule has 0 aliphatic heterocycles. The van der Waals surface area contributed by atoms with Crippen LogP contribution in [-0.2, 0) is 7.05 Å². The van der Waals surface area contributed by atoms with Crippen LogP contribution < -0.4 is 4.74 Å². The standard InChI is InChI=1S/C13H13N3OS/c1-16-11-14-15-13(16)18-10-6-5-9-17-12-7-3-2-4-8-12/h2-4,7-8,11H,9-10H2,1H3. The molecule has 5 heteroatoms. The van der Waals surface area contributed by atoms with Crippen molar-refractivity contribution in [2.75, 3.05) is 12.4 Å². The summed E-state index contributed by atoms with van der Waals surface area (Å²) >= 11 is 1.56. The number of thioether (sulfide) groups is 1. The highest BCUT2D eigenvalue weighted by Crippen LogP contribution is 2.11. The molecular formula is C13H13N3OS. The van der Waals surface area contributed by atoms with Crippen LogP contribution in [0.15, 0.2) is 41.8 Å². The second kappa shape index (κ2) is 6.72. The van der Waals surface area contributed by atoms with Crippen molar-refractivity contribution in [3.05, 3.63) is 36.7 Å². The molecule has 0 fully saturated rings. The van der Waals surface area contributed by atoms with Gasteiger partial charge in [0.2, 0.25) is 0 Å². The second-order valence-corrected chi connectivity index (χ2v) is 4.41. The average Bonchev–Trinajstić information content (AvgIpc) is 2.81. The van der Waals surface area contributed by atoms with Crippen LogP contribution in [0.3, 0.4) is 0 Å². The van der Waals surface area contributed by atoms with Crippen molar-refractivity contribution in [1.29, 1.82) is 0 Å². The van der Waals surface area contributed by atoms with Gasteiger partial charge >= 0.3 is 0 Å². The van der Waals surface area contributed by atoms with E-state index in [0.29, 0.717) is 12.4 Å². The SMILES string of the molecule is Cn1cnnc1SCC#CCOc1ccccc1. The molecule has 92 valence electrons. The minimum Gasteiger partial charge on any atom is -0.481 e. The van der Waals surface area contributed by atoms with E-state index in [-0.39, 0.29) is 0 Å². The average molecular weight is 259 g/mol. The van der Waals surface area contributed by atoms with Crippen LogP contribution in [0, 0.1) is 11.8 Å². The highest BCUT2D eigenvalue weighted by atomic mass is 32.2. The van der Waals surface area contributed by atoms with Gasteiger partial charge in [-0.1, -0.05) is 41.8 Å². The van der Waals surface area contributed by atoms with Gasteiger partial charge in [-0.05, 0) is 12.1 Å². The van der Waals surface area contributed by atoms with Gasteiger partial charge in [0.15, 0.2) is 5.16 Å². The Morgan fingerprint density at radius 2 is 2.11 bits per heavy atom. The summed E-state index contributed by atoms with van der Waals surface area (Å²) in [5.41, 5.74) is 0. The van der Waals surface area contributed by atoms with E-state index in [9.17, 15) is 0 Å². The Bertz CT molecular complexity index is 542. The van der Waals surface area contributed by atoms with Crippen molar-refractivity contribution in [2.24, 2.45) is 7.05 Å². The van der Waals surface area contributed by atoms with Gasteiger partial charge in [0, 0.05) is 7.05 Å². The number of hydrogen-bond acceptors (Lipinski definition) is 4. The summed E-state index contributed by atoms with van der Waals surface area (Å²) < 4.78 is 7.32. The maximum absolute atomic E-state index is 5.45. The Labute approximate surface area is 110 Å². The quantitative estimate of drug-likeness (QED) is 0.622. The molecule has 0 saturated heterocycles. The molecule has 2 aromatic rings. The number of nitrogens with zero attached hydrogens (tertiary/aromatic N) is 3. The highest BCUT2D eigenvalue weighted by molar-refractivity contribution is 7.99. The number of rotatable bonds is 4. The van der Waals surface area contributed by atoms with Crippen molar-refractivity contribution >= 4 is 11.8 Å². The monoisotopic (exact) mass is 259 g/mol. The van der Waals surface area contributed by atoms with Crippen LogP contribution in [0.5, 0.6) is 5.75 Å². The van der Waals surface area contributed by atoms with Crippen LogP contribution in [0.1, 0.15) is 0 Å². The van der Waals surface area contributed by atoms with E-state index < -0.39 is 0 Å². The molecular weight excluding hydrogens is 246 g/mol. The first kappa shape index (κ1) is 12.5. The largest absolute Gasteiger partial charge is 0.481 e. The molecule has 18 heavy (non-hydrogen) atoms. The third-order valence-corrected chi connectivity index (χ3v) is 3.04. The summed E-state index contributed by atoms with van der Waals surface area (Å²) in [7, 11) is 1.91. The highest BCUT2D eigenvalue weighted by Gasteiger charge is 1.97. The zero-order chi connectivity index (χ0) is 12.6. The van der Waals surface area contributed by atoms with Crippen molar-refractivity contribution in [2.45, 2.75) is 5.16 Å². The lowest BCUT2D eigenvalue weighted by Crippen LogP contribution is -1.93. The summed E-state index contributed by atoms with van der Waals surface area (Å²) in [5.74, 6) is 7.52. The Kier molecular flexibility index (Phi) is 4.68. The maximum Gasteiger partial charge on any atom is 0.191 e. The minimum absolute atomic E-state index is 0.406. The zero-order valence-electron chi connectivity index (χ0n) is 10.0. The molecule has 0 atom stereocenters. The predicted octanol–water partition coefficient (Wildman–Crippen LogP) is 1.99. The van der Waals surface area contributed by atoms with Crippen LogP contribution in [0.25, 0.3) is 0 Å². The molecule has 1 aromatic carbocycles. The second-order valence-electron chi connectivity index (χ2n) is 3.47. The molecule has 1 heterocycles. The van der Waals surface area contributed by atoms with Crippen LogP contribution in [0.2, 0.25) is 0 Å². The molecule has 0 aliphatic rings. The molecule has 0 aliphatic carbocycles. The molecule has 4 nitrogen and oxygen atoms in total. The van der Waals surface area contributed by atoms with Gasteiger partial charge < -0.3 is 9.30 Å². The number of aromatic nitrogens is 3. The minimum atomic E-state index is 0.406. The summed E-state index contributed by atoms with van der Waals surface area (Å²) in [6, 6.07) is 9.65. The van der Waals surface area contributed by atoms with Crippen LogP contribution >= 0.6 is 11.8 Å². The Morgan fingerprint density at radius 3 is 2.83 bits per heavy atom. The number of ether oxygens (including phenoxy) is 1. The molecule has 0 radical (unpaired) electrons. The lowest BCUT2D eigenvalue weighted by Gasteiger charge is -1.99. The zero-order valence-corrected chi connectivity index (χ0v) is 10.9. The molecule has 0 saturated carbocycles. The van der Waals surface area contributed by atoms with E-state index in [2.05, 4.69) is 22.0 Å². The van der Waals surface area contributed by atoms with E-state index in [0.717, 1.165) is 10.9 Å². The lowest BCUT2D eigenvalue weighted by molar-refractivity contribution is 0.370. The first-order valence-corrected chi connectivity index (χ1v) is 6.45. The fourth-order valence-electron chi connectivity index (χ4n) is 1.24. The number of para-hydroxylation sites is 1. The topological polar surface area (TPSA) is 39.9 Å². The van der Waals surface area contributed by atoms with Crippen LogP contribution in [-0.4, -0.2) is 27.1 Å². The van der Waals surface area contributed by atoms with Crippen molar-refractivity contribution < 1.29 is 4.74 Å². The van der Waals surface area contributed by atoms with Gasteiger partial charge in [0.1, 0.15) is 18.7 Å². The lowest BCUT2D eigenvalue weighted by atomic mass is 10.3. The third kappa shape index (κ3) is 3.82. The van der Waals surface area contributed by atoms with E-state index >= 15 is 0 Å². The number of benzene rings is 1. The fraction of sp³-hybridized carbons (Fsp3) is 0.231. The van der Waals surface area contributed by atoms with E-state index in [1.54, 1.807) is 18.1 Å². The predicted molar refractivity (Wildman–Crippen MR) is 71.4 cm³/mol. The van der Waals surface area contributed by atoms with E-state index in [1.807, 2.05) is 41.9 Å². The van der Waals surface area contributed by atoms with Gasteiger partial charge in [-0.25, -0.2) is 0 Å². The normalized spacial score (nSPS) is 9.61. The van der Waals surface area contributed by atoms with Gasteiger partial charge in [-0.2, -0.15) is 0 Å². The van der Waals surface area contributed by atoms with Crippen molar-refractivity contribution in [3.8, 4) is 17.6 Å². The summed E-state index contributed by atoms with van der Waals surface area (Å²) in [6.45, 7) is 0.406. The Morgan fingerprint density at radius 1 is 1.28 bits per heavy atom. The molecule has 2 rings (SSSR count). The van der Waals surface area contributed by atoms with Crippen molar-refractivity contribution in [1.82, 2.24) is 14.8 Å². The third-order valence-electron chi connectivity index (χ3n) is 2.12. The van der Waals surface area contributed by atoms with Crippen LogP contribution in [0.4, 0.5) is 0 Å². The molecule has 0 N–H and O–H groups in total.